The van der Waals surface area contributed by atoms with Gasteiger partial charge in [-0.3, -0.25) is 9.79 Å². The summed E-state index contributed by atoms with van der Waals surface area (Å²) in [5.74, 6) is -0.369. The molecule has 2 aliphatic heterocycles. The van der Waals surface area contributed by atoms with Gasteiger partial charge in [0.1, 0.15) is 11.3 Å². The first-order chi connectivity index (χ1) is 18.5. The van der Waals surface area contributed by atoms with Crippen LogP contribution in [0.25, 0.3) is 32.7 Å². The van der Waals surface area contributed by atoms with E-state index in [1.165, 1.54) is 0 Å². The van der Waals surface area contributed by atoms with Crippen LogP contribution in [0.1, 0.15) is 44.1 Å². The van der Waals surface area contributed by atoms with Gasteiger partial charge in [0.05, 0.1) is 11.0 Å². The summed E-state index contributed by atoms with van der Waals surface area (Å²) in [7, 11) is 0. The number of allylic oxidation sites excluding steroid dienone is 2. The summed E-state index contributed by atoms with van der Waals surface area (Å²) in [5.41, 5.74) is 3.72. The van der Waals surface area contributed by atoms with Gasteiger partial charge >= 0.3 is 0 Å². The van der Waals surface area contributed by atoms with Gasteiger partial charge in [0.25, 0.3) is 0 Å². The van der Waals surface area contributed by atoms with Crippen LogP contribution in [0.4, 0.5) is 17.1 Å². The maximum Gasteiger partial charge on any atom is 0.193 e. The van der Waals surface area contributed by atoms with Gasteiger partial charge in [0, 0.05) is 44.1 Å². The van der Waals surface area contributed by atoms with E-state index in [1.807, 2.05) is 30.3 Å². The lowest BCUT2D eigenvalue weighted by atomic mass is 9.77. The minimum Gasteiger partial charge on any atom is -0.871 e. The third kappa shape index (κ3) is 2.48. The number of benzene rings is 4. The second-order valence-electron chi connectivity index (χ2n) is 11.5. The van der Waals surface area contributed by atoms with Crippen LogP contribution in [0.3, 0.4) is 0 Å². The fourth-order valence-electron chi connectivity index (χ4n) is 7.04. The fourth-order valence-corrected chi connectivity index (χ4v) is 7.04. The monoisotopic (exact) mass is 497 g/mol. The van der Waals surface area contributed by atoms with Crippen molar-refractivity contribution < 1.29 is 9.90 Å². The highest BCUT2D eigenvalue weighted by Crippen LogP contribution is 2.49. The molecule has 38 heavy (non-hydrogen) atoms. The van der Waals surface area contributed by atoms with Crippen LogP contribution in [0.15, 0.2) is 71.4 Å². The van der Waals surface area contributed by atoms with Crippen molar-refractivity contribution >= 4 is 55.5 Å². The van der Waals surface area contributed by atoms with Crippen molar-refractivity contribution in [1.82, 2.24) is 0 Å². The van der Waals surface area contributed by atoms with Crippen molar-refractivity contribution in [2.24, 2.45) is 4.99 Å². The minimum absolute atomic E-state index is 0.185. The summed E-state index contributed by atoms with van der Waals surface area (Å²) in [6, 6.07) is 20.3. The minimum atomic E-state index is -0.326. The highest BCUT2D eigenvalue weighted by atomic mass is 16.3. The molecule has 2 heterocycles. The SMILES string of the molecule is O=C1C(c2ccc3cccc4c3c2NC2(CCC2)N4)=C([O-])/C1=c1\ccc2cccc3c2c1=NC1(CCC1)N3. The number of hydrogen-bond donors (Lipinski definition) is 3. The number of carbonyl (C=O) groups is 1. The Bertz CT molecular complexity index is 1950. The predicted molar refractivity (Wildman–Crippen MR) is 148 cm³/mol. The molecule has 0 saturated heterocycles. The molecule has 4 aromatic carbocycles. The molecule has 0 atom stereocenters. The van der Waals surface area contributed by atoms with Crippen LogP contribution < -0.4 is 31.6 Å². The average molecular weight is 498 g/mol. The van der Waals surface area contributed by atoms with Gasteiger partial charge in [-0.25, -0.2) is 0 Å². The molecule has 6 heteroatoms. The van der Waals surface area contributed by atoms with Gasteiger partial charge in [-0.2, -0.15) is 0 Å². The fraction of sp³-hybridized carbons (Fsp3) is 0.250. The molecule has 4 aromatic rings. The molecule has 3 N–H and O–H groups in total. The van der Waals surface area contributed by atoms with E-state index in [0.29, 0.717) is 10.8 Å². The van der Waals surface area contributed by atoms with E-state index in [-0.39, 0.29) is 34.0 Å². The van der Waals surface area contributed by atoms with Gasteiger partial charge in [-0.15, -0.1) is 0 Å². The number of Topliss-reactive ketones (excluding diaryl/α,β-unsaturated/α-hetero) is 1. The predicted octanol–water partition coefficient (Wildman–Crippen LogP) is 4.14. The van der Waals surface area contributed by atoms with Crippen LogP contribution in [0.2, 0.25) is 0 Å². The molecule has 3 aliphatic carbocycles. The topological polar surface area (TPSA) is 88.6 Å². The summed E-state index contributed by atoms with van der Waals surface area (Å²) >= 11 is 0. The zero-order chi connectivity index (χ0) is 25.2. The second-order valence-corrected chi connectivity index (χ2v) is 11.5. The number of anilines is 3. The first-order valence-corrected chi connectivity index (χ1v) is 13.6. The number of hydrogen-bond acceptors (Lipinski definition) is 6. The summed E-state index contributed by atoms with van der Waals surface area (Å²) in [6.45, 7) is 0. The van der Waals surface area contributed by atoms with Crippen LogP contribution in [0, 0.1) is 0 Å². The van der Waals surface area contributed by atoms with Crippen molar-refractivity contribution in [2.75, 3.05) is 16.0 Å². The summed E-state index contributed by atoms with van der Waals surface area (Å²) in [6.07, 6.45) is 6.18. The lowest BCUT2D eigenvalue weighted by molar-refractivity contribution is -0.292. The third-order valence-corrected chi connectivity index (χ3v) is 9.33. The average Bonchev–Trinajstić information content (AvgIpc) is 2.90. The van der Waals surface area contributed by atoms with Crippen molar-refractivity contribution in [3.8, 4) is 0 Å². The number of rotatable bonds is 1. The van der Waals surface area contributed by atoms with Gasteiger partial charge in [-0.05, 0) is 61.4 Å². The molecule has 0 unspecified atom stereocenters. The summed E-state index contributed by atoms with van der Waals surface area (Å²) in [5, 5.41) is 30.5. The highest BCUT2D eigenvalue weighted by Gasteiger charge is 2.43. The van der Waals surface area contributed by atoms with Crippen molar-refractivity contribution in [3.63, 3.8) is 0 Å². The van der Waals surface area contributed by atoms with Gasteiger partial charge in [-0.1, -0.05) is 54.3 Å². The Balaban J connectivity index is 1.30. The molecule has 2 saturated carbocycles. The number of nitrogens with one attached hydrogen (secondary N) is 3. The second kappa shape index (κ2) is 6.76. The molecule has 0 radical (unpaired) electrons. The standard InChI is InChI=1S/C32H26N4O2/c37-29-25(19-11-9-17-5-1-7-21-23(17)27(19)35-31(33-21)13-3-14-31)30(38)26(29)20-12-10-18-6-2-8-22-24(18)28(20)36-32(34-22)15-4-16-32/h1-2,5-12,33-35,37H,3-4,13-16H2/p-1/b26-20-. The van der Waals surface area contributed by atoms with Crippen molar-refractivity contribution in [3.05, 3.63) is 82.6 Å². The van der Waals surface area contributed by atoms with Crippen molar-refractivity contribution in [1.29, 1.82) is 0 Å². The zero-order valence-corrected chi connectivity index (χ0v) is 20.8. The molecular weight excluding hydrogens is 472 g/mol. The molecule has 0 aromatic heterocycles. The van der Waals surface area contributed by atoms with Gasteiger partial charge in [0.15, 0.2) is 5.78 Å². The maximum absolute atomic E-state index is 13.9. The normalized spacial score (nSPS) is 22.7. The first kappa shape index (κ1) is 20.7. The Morgan fingerprint density at radius 1 is 0.737 bits per heavy atom. The molecule has 6 nitrogen and oxygen atoms in total. The maximum atomic E-state index is 13.9. The Labute approximate surface area is 218 Å². The van der Waals surface area contributed by atoms with E-state index < -0.39 is 0 Å². The first-order valence-electron chi connectivity index (χ1n) is 13.6. The number of ketones is 1. The molecule has 186 valence electrons. The Hall–Kier alpha value is -4.32. The number of nitrogens with zero attached hydrogens (tertiary/aromatic N) is 1. The smallest absolute Gasteiger partial charge is 0.193 e. The molecule has 5 aliphatic rings. The van der Waals surface area contributed by atoms with Gasteiger partial charge in [0.2, 0.25) is 0 Å². The molecule has 2 spiro atoms. The summed E-state index contributed by atoms with van der Waals surface area (Å²) < 4.78 is 0. The lowest BCUT2D eigenvalue weighted by Gasteiger charge is -2.48. The molecular formula is C32H25N4O2-. The van der Waals surface area contributed by atoms with Crippen LogP contribution in [-0.2, 0) is 4.79 Å². The van der Waals surface area contributed by atoms with E-state index >= 15 is 0 Å². The third-order valence-electron chi connectivity index (χ3n) is 9.33. The quantitative estimate of drug-likeness (QED) is 0.368. The summed E-state index contributed by atoms with van der Waals surface area (Å²) in [4.78, 5) is 19.0. The Morgan fingerprint density at radius 2 is 1.45 bits per heavy atom. The van der Waals surface area contributed by atoms with E-state index in [0.717, 1.165) is 82.5 Å². The largest absolute Gasteiger partial charge is 0.871 e. The molecule has 9 rings (SSSR count). The molecule has 0 bridgehead atoms. The Kier molecular flexibility index (Phi) is 3.68. The van der Waals surface area contributed by atoms with Gasteiger partial charge < -0.3 is 21.1 Å². The van der Waals surface area contributed by atoms with E-state index in [4.69, 9.17) is 4.99 Å². The molecule has 0 amide bonds. The van der Waals surface area contributed by atoms with Crippen LogP contribution >= 0.6 is 0 Å². The van der Waals surface area contributed by atoms with E-state index in [1.54, 1.807) is 0 Å². The zero-order valence-electron chi connectivity index (χ0n) is 20.8. The molecule has 2 fully saturated rings. The highest BCUT2D eigenvalue weighted by molar-refractivity contribution is 6.52. The lowest BCUT2D eigenvalue weighted by Crippen LogP contribution is -2.53. The van der Waals surface area contributed by atoms with Crippen LogP contribution in [-0.4, -0.2) is 17.1 Å². The van der Waals surface area contributed by atoms with E-state index in [9.17, 15) is 9.90 Å². The van der Waals surface area contributed by atoms with Crippen molar-refractivity contribution in [2.45, 2.75) is 49.9 Å². The number of carbonyl (C=O) groups excluding carboxylic acids is 1. The van der Waals surface area contributed by atoms with E-state index in [2.05, 4.69) is 46.3 Å². The Morgan fingerprint density at radius 3 is 2.13 bits per heavy atom. The van der Waals surface area contributed by atoms with Crippen LogP contribution in [0.5, 0.6) is 0 Å².